The van der Waals surface area contributed by atoms with Gasteiger partial charge in [-0.25, -0.2) is 0 Å². The van der Waals surface area contributed by atoms with Crippen molar-refractivity contribution >= 4 is 17.4 Å². The van der Waals surface area contributed by atoms with Crippen molar-refractivity contribution in [2.45, 2.75) is 55.9 Å². The van der Waals surface area contributed by atoms with Crippen LogP contribution in [0.5, 0.6) is 0 Å². The lowest BCUT2D eigenvalue weighted by molar-refractivity contribution is 0.393. The third-order valence-corrected chi connectivity index (χ3v) is 6.15. The maximum absolute atomic E-state index is 3.66. The minimum absolute atomic E-state index is 0.794. The number of hydrogen-bond donors (Lipinski definition) is 1. The van der Waals surface area contributed by atoms with Gasteiger partial charge in [-0.1, -0.05) is 38.0 Å². The van der Waals surface area contributed by atoms with E-state index in [4.69, 9.17) is 0 Å². The van der Waals surface area contributed by atoms with Crippen LogP contribution >= 0.6 is 11.8 Å². The number of fused-ring (bicyclic) bond motifs is 1. The maximum Gasteiger partial charge on any atom is 0.0373 e. The van der Waals surface area contributed by atoms with Crippen molar-refractivity contribution in [1.82, 2.24) is 0 Å². The van der Waals surface area contributed by atoms with Crippen LogP contribution in [-0.4, -0.2) is 17.0 Å². The van der Waals surface area contributed by atoms with Gasteiger partial charge < -0.3 is 5.32 Å². The minimum Gasteiger partial charge on any atom is -0.384 e. The molecule has 0 saturated heterocycles. The van der Waals surface area contributed by atoms with Crippen LogP contribution in [0.2, 0.25) is 0 Å². The Balaban J connectivity index is 1.56. The summed E-state index contributed by atoms with van der Waals surface area (Å²) >= 11 is 2.27. The molecule has 1 aliphatic heterocycles. The molecular weight excluding hydrogens is 250 g/mol. The van der Waals surface area contributed by atoms with Crippen LogP contribution in [0, 0.1) is 5.92 Å². The number of rotatable bonds is 2. The number of aryl methyl sites for hydroxylation is 1. The summed E-state index contributed by atoms with van der Waals surface area (Å²) in [5.74, 6) is 0.946. The summed E-state index contributed by atoms with van der Waals surface area (Å²) in [6, 6.07) is 8.81. The third-order valence-electron chi connectivity index (χ3n) is 4.55. The molecule has 3 unspecified atom stereocenters. The topological polar surface area (TPSA) is 12.0 Å². The molecule has 1 aromatic rings. The number of thioether (sulfide) groups is 1. The highest BCUT2D eigenvalue weighted by molar-refractivity contribution is 8.00. The van der Waals surface area contributed by atoms with Gasteiger partial charge in [0.2, 0.25) is 0 Å². The molecule has 0 radical (unpaired) electrons. The summed E-state index contributed by atoms with van der Waals surface area (Å²) in [5, 5.41) is 5.36. The lowest BCUT2D eigenvalue weighted by Gasteiger charge is -2.29. The molecule has 19 heavy (non-hydrogen) atoms. The fourth-order valence-electron chi connectivity index (χ4n) is 3.44. The Kier molecular flexibility index (Phi) is 4.37. The van der Waals surface area contributed by atoms with E-state index in [0.717, 1.165) is 23.0 Å². The van der Waals surface area contributed by atoms with Crippen molar-refractivity contribution in [1.29, 1.82) is 0 Å². The predicted molar refractivity (Wildman–Crippen MR) is 86.1 cm³/mol. The molecule has 0 spiro atoms. The fraction of sp³-hybridized carbons (Fsp3) is 0.647. The molecule has 1 fully saturated rings. The number of hydrogen-bond acceptors (Lipinski definition) is 2. The van der Waals surface area contributed by atoms with Crippen LogP contribution in [0.3, 0.4) is 0 Å². The van der Waals surface area contributed by atoms with Gasteiger partial charge in [-0.3, -0.25) is 0 Å². The van der Waals surface area contributed by atoms with E-state index in [1.807, 2.05) is 0 Å². The number of nitrogens with one attached hydrogen (secondary N) is 1. The van der Waals surface area contributed by atoms with Crippen LogP contribution in [0.25, 0.3) is 0 Å². The van der Waals surface area contributed by atoms with E-state index in [9.17, 15) is 0 Å². The quantitative estimate of drug-likeness (QED) is 0.837. The molecule has 0 amide bonds. The Morgan fingerprint density at radius 2 is 2.00 bits per heavy atom. The van der Waals surface area contributed by atoms with Gasteiger partial charge in [-0.2, -0.15) is 11.8 Å². The van der Waals surface area contributed by atoms with Crippen LogP contribution in [0.15, 0.2) is 24.3 Å². The fourth-order valence-corrected chi connectivity index (χ4v) is 5.16. The van der Waals surface area contributed by atoms with Gasteiger partial charge in [0.15, 0.2) is 0 Å². The van der Waals surface area contributed by atoms with E-state index in [2.05, 4.69) is 48.3 Å². The van der Waals surface area contributed by atoms with Crippen molar-refractivity contribution in [3.63, 3.8) is 0 Å². The van der Waals surface area contributed by atoms with E-state index < -0.39 is 0 Å². The monoisotopic (exact) mass is 275 g/mol. The molecule has 1 nitrogen and oxygen atoms in total. The van der Waals surface area contributed by atoms with Crippen LogP contribution in [0.4, 0.5) is 5.69 Å². The van der Waals surface area contributed by atoms with Crippen molar-refractivity contribution in [3.8, 4) is 0 Å². The standard InChI is InChI=1S/C17H25NS/c1-13-5-4-7-15(11-13)19-16-10-9-14-6-2-3-8-17(14)18-12-16/h2-3,6,8,13,15-16,18H,4-5,7,9-12H2,1H3. The molecule has 0 aromatic heterocycles. The van der Waals surface area contributed by atoms with E-state index >= 15 is 0 Å². The largest absolute Gasteiger partial charge is 0.384 e. The number of anilines is 1. The molecule has 1 N–H and O–H groups in total. The molecule has 0 bridgehead atoms. The summed E-state index contributed by atoms with van der Waals surface area (Å²) in [5.41, 5.74) is 2.87. The third kappa shape index (κ3) is 3.47. The normalized spacial score (nSPS) is 31.1. The molecule has 104 valence electrons. The van der Waals surface area contributed by atoms with Crippen LogP contribution in [-0.2, 0) is 6.42 Å². The first-order chi connectivity index (χ1) is 9.31. The Morgan fingerprint density at radius 1 is 1.11 bits per heavy atom. The average Bonchev–Trinajstić information content (AvgIpc) is 2.62. The SMILES string of the molecule is CC1CCCC(SC2CCc3ccccc3NC2)C1. The van der Waals surface area contributed by atoms with E-state index in [0.29, 0.717) is 0 Å². The molecule has 1 aromatic carbocycles. The maximum atomic E-state index is 3.66. The molecular formula is C17H25NS. The zero-order valence-electron chi connectivity index (χ0n) is 11.9. The molecule has 2 heteroatoms. The van der Waals surface area contributed by atoms with Crippen LogP contribution < -0.4 is 5.32 Å². The zero-order chi connectivity index (χ0) is 13.1. The molecule has 1 heterocycles. The molecule has 1 saturated carbocycles. The smallest absolute Gasteiger partial charge is 0.0373 e. The lowest BCUT2D eigenvalue weighted by Crippen LogP contribution is -2.22. The highest BCUT2D eigenvalue weighted by atomic mass is 32.2. The predicted octanol–water partition coefficient (Wildman–Crippen LogP) is 4.73. The minimum atomic E-state index is 0.794. The summed E-state index contributed by atoms with van der Waals surface area (Å²) in [4.78, 5) is 0. The van der Waals surface area contributed by atoms with Gasteiger partial charge >= 0.3 is 0 Å². The van der Waals surface area contributed by atoms with E-state index in [1.54, 1.807) is 0 Å². The Labute approximate surface area is 121 Å². The second-order valence-corrected chi connectivity index (χ2v) is 7.83. The van der Waals surface area contributed by atoms with E-state index in [1.165, 1.54) is 49.8 Å². The second kappa shape index (κ2) is 6.21. The molecule has 3 atom stereocenters. The molecule has 2 aliphatic rings. The lowest BCUT2D eigenvalue weighted by atomic mass is 9.91. The van der Waals surface area contributed by atoms with Crippen molar-refractivity contribution in [2.75, 3.05) is 11.9 Å². The summed E-state index contributed by atoms with van der Waals surface area (Å²) in [6.45, 7) is 3.57. The first kappa shape index (κ1) is 13.4. The van der Waals surface area contributed by atoms with Gasteiger partial charge in [-0.15, -0.1) is 0 Å². The first-order valence-electron chi connectivity index (χ1n) is 7.78. The summed E-state index contributed by atoms with van der Waals surface area (Å²) in [7, 11) is 0. The summed E-state index contributed by atoms with van der Waals surface area (Å²) < 4.78 is 0. The van der Waals surface area contributed by atoms with Gasteiger partial charge in [0.05, 0.1) is 0 Å². The molecule has 3 rings (SSSR count). The second-order valence-electron chi connectivity index (χ2n) is 6.23. The van der Waals surface area contributed by atoms with Crippen molar-refractivity contribution in [2.24, 2.45) is 5.92 Å². The highest BCUT2D eigenvalue weighted by Gasteiger charge is 2.24. The number of para-hydroxylation sites is 1. The molecule has 1 aliphatic carbocycles. The highest BCUT2D eigenvalue weighted by Crippen LogP contribution is 2.36. The summed E-state index contributed by atoms with van der Waals surface area (Å²) in [6.07, 6.45) is 8.35. The first-order valence-corrected chi connectivity index (χ1v) is 8.73. The van der Waals surface area contributed by atoms with Gasteiger partial charge in [0.25, 0.3) is 0 Å². The van der Waals surface area contributed by atoms with Crippen molar-refractivity contribution in [3.05, 3.63) is 29.8 Å². The Hall–Kier alpha value is -0.630. The van der Waals surface area contributed by atoms with Gasteiger partial charge in [0.1, 0.15) is 0 Å². The van der Waals surface area contributed by atoms with Gasteiger partial charge in [-0.05, 0) is 43.2 Å². The number of benzene rings is 1. The van der Waals surface area contributed by atoms with Crippen LogP contribution in [0.1, 0.15) is 44.6 Å². The van der Waals surface area contributed by atoms with Crippen molar-refractivity contribution < 1.29 is 0 Å². The Bertz CT molecular complexity index is 390. The average molecular weight is 275 g/mol. The zero-order valence-corrected chi connectivity index (χ0v) is 12.7. The Morgan fingerprint density at radius 3 is 2.89 bits per heavy atom. The van der Waals surface area contributed by atoms with E-state index in [-0.39, 0.29) is 0 Å². The van der Waals surface area contributed by atoms with Gasteiger partial charge in [0, 0.05) is 22.7 Å².